The fourth-order valence-electron chi connectivity index (χ4n) is 3.06. The molecule has 1 aliphatic heterocycles. The Bertz CT molecular complexity index is 914. The zero-order valence-corrected chi connectivity index (χ0v) is 14.2. The number of aryl methyl sites for hydroxylation is 2. The van der Waals surface area contributed by atoms with E-state index in [0.29, 0.717) is 36.9 Å². The number of hydrogen-bond donors (Lipinski definition) is 0. The van der Waals surface area contributed by atoms with Gasteiger partial charge in [-0.05, 0) is 32.0 Å². The first-order valence-corrected chi connectivity index (χ1v) is 8.26. The SMILES string of the molecule is Cc1cc(C(=O)N2CCc3oc(-c4ccccc4)nc3C2)nc(C)n1. The van der Waals surface area contributed by atoms with Gasteiger partial charge in [-0.1, -0.05) is 18.2 Å². The third kappa shape index (κ3) is 3.03. The van der Waals surface area contributed by atoms with E-state index in [1.54, 1.807) is 17.9 Å². The summed E-state index contributed by atoms with van der Waals surface area (Å²) >= 11 is 0. The van der Waals surface area contributed by atoms with Gasteiger partial charge in [-0.15, -0.1) is 0 Å². The van der Waals surface area contributed by atoms with Gasteiger partial charge in [0.25, 0.3) is 5.91 Å². The van der Waals surface area contributed by atoms with E-state index in [1.165, 1.54) is 0 Å². The fourth-order valence-corrected chi connectivity index (χ4v) is 3.06. The molecule has 2 aromatic heterocycles. The Balaban J connectivity index is 1.58. The van der Waals surface area contributed by atoms with E-state index < -0.39 is 0 Å². The molecule has 126 valence electrons. The van der Waals surface area contributed by atoms with Crippen molar-refractivity contribution < 1.29 is 9.21 Å². The second-order valence-corrected chi connectivity index (χ2v) is 6.17. The van der Waals surface area contributed by atoms with Crippen molar-refractivity contribution in [2.24, 2.45) is 0 Å². The second kappa shape index (κ2) is 6.12. The van der Waals surface area contributed by atoms with Crippen LogP contribution in [0.4, 0.5) is 0 Å². The molecule has 0 saturated carbocycles. The lowest BCUT2D eigenvalue weighted by molar-refractivity contribution is 0.0721. The van der Waals surface area contributed by atoms with Gasteiger partial charge in [-0.25, -0.2) is 15.0 Å². The lowest BCUT2D eigenvalue weighted by Crippen LogP contribution is -2.36. The van der Waals surface area contributed by atoms with E-state index in [0.717, 1.165) is 22.7 Å². The van der Waals surface area contributed by atoms with Gasteiger partial charge in [0.15, 0.2) is 0 Å². The predicted molar refractivity (Wildman–Crippen MR) is 91.9 cm³/mol. The van der Waals surface area contributed by atoms with E-state index in [2.05, 4.69) is 15.0 Å². The highest BCUT2D eigenvalue weighted by atomic mass is 16.4. The van der Waals surface area contributed by atoms with Crippen molar-refractivity contribution in [1.82, 2.24) is 19.9 Å². The lowest BCUT2D eigenvalue weighted by atomic mass is 10.1. The molecule has 6 heteroatoms. The third-order valence-corrected chi connectivity index (χ3v) is 4.22. The Labute approximate surface area is 145 Å². The Morgan fingerprint density at radius 3 is 2.68 bits per heavy atom. The minimum atomic E-state index is -0.0940. The first-order chi connectivity index (χ1) is 12.1. The van der Waals surface area contributed by atoms with Crippen LogP contribution < -0.4 is 0 Å². The van der Waals surface area contributed by atoms with Crippen LogP contribution >= 0.6 is 0 Å². The normalized spacial score (nSPS) is 13.6. The van der Waals surface area contributed by atoms with Gasteiger partial charge in [0.1, 0.15) is 23.0 Å². The maximum atomic E-state index is 12.8. The molecule has 1 aromatic carbocycles. The summed E-state index contributed by atoms with van der Waals surface area (Å²) in [4.78, 5) is 27.6. The lowest BCUT2D eigenvalue weighted by Gasteiger charge is -2.25. The maximum absolute atomic E-state index is 12.8. The monoisotopic (exact) mass is 334 g/mol. The molecule has 0 atom stereocenters. The summed E-state index contributed by atoms with van der Waals surface area (Å²) in [7, 11) is 0. The number of hydrogen-bond acceptors (Lipinski definition) is 5. The quantitative estimate of drug-likeness (QED) is 0.720. The van der Waals surface area contributed by atoms with Crippen LogP contribution in [-0.4, -0.2) is 32.3 Å². The predicted octanol–water partition coefficient (Wildman–Crippen LogP) is 2.95. The van der Waals surface area contributed by atoms with Crippen molar-refractivity contribution >= 4 is 5.91 Å². The molecule has 0 aliphatic carbocycles. The van der Waals surface area contributed by atoms with Gasteiger partial charge >= 0.3 is 0 Å². The van der Waals surface area contributed by atoms with E-state index in [4.69, 9.17) is 4.42 Å². The molecule has 0 bridgehead atoms. The Morgan fingerprint density at radius 2 is 1.92 bits per heavy atom. The van der Waals surface area contributed by atoms with Crippen molar-refractivity contribution in [3.63, 3.8) is 0 Å². The van der Waals surface area contributed by atoms with E-state index in [9.17, 15) is 4.79 Å². The number of carbonyl (C=O) groups is 1. The first kappa shape index (κ1) is 15.5. The van der Waals surface area contributed by atoms with Crippen LogP contribution in [0.1, 0.15) is 33.5 Å². The molecular formula is C19H18N4O2. The standard InChI is InChI=1S/C19H18N4O2/c1-12-10-15(21-13(2)20-12)19(24)23-9-8-17-16(11-23)22-18(25-17)14-6-4-3-5-7-14/h3-7,10H,8-9,11H2,1-2H3. The van der Waals surface area contributed by atoms with Crippen molar-refractivity contribution in [3.05, 3.63) is 65.1 Å². The second-order valence-electron chi connectivity index (χ2n) is 6.17. The Hall–Kier alpha value is -3.02. The summed E-state index contributed by atoms with van der Waals surface area (Å²) in [6.45, 7) is 4.69. The highest BCUT2D eigenvalue weighted by Gasteiger charge is 2.27. The summed E-state index contributed by atoms with van der Waals surface area (Å²) in [5.74, 6) is 1.98. The maximum Gasteiger partial charge on any atom is 0.272 e. The van der Waals surface area contributed by atoms with Crippen molar-refractivity contribution in [2.75, 3.05) is 6.54 Å². The van der Waals surface area contributed by atoms with E-state index >= 15 is 0 Å². The molecule has 0 fully saturated rings. The summed E-state index contributed by atoms with van der Waals surface area (Å²) < 4.78 is 5.89. The van der Waals surface area contributed by atoms with E-state index in [-0.39, 0.29) is 5.91 Å². The molecule has 0 N–H and O–H groups in total. The van der Waals surface area contributed by atoms with Crippen LogP contribution in [0.5, 0.6) is 0 Å². The average Bonchev–Trinajstić information content (AvgIpc) is 3.04. The van der Waals surface area contributed by atoms with Crippen LogP contribution in [0.3, 0.4) is 0 Å². The van der Waals surface area contributed by atoms with Crippen LogP contribution in [0, 0.1) is 13.8 Å². The highest BCUT2D eigenvalue weighted by molar-refractivity contribution is 5.92. The molecule has 0 spiro atoms. The summed E-state index contributed by atoms with van der Waals surface area (Å²) in [6, 6.07) is 11.5. The number of fused-ring (bicyclic) bond motifs is 1. The molecule has 1 amide bonds. The van der Waals surface area contributed by atoms with Gasteiger partial charge in [-0.3, -0.25) is 4.79 Å². The van der Waals surface area contributed by atoms with Crippen LogP contribution in [-0.2, 0) is 13.0 Å². The number of oxazole rings is 1. The summed E-state index contributed by atoms with van der Waals surface area (Å²) in [5.41, 5.74) is 2.99. The van der Waals surface area contributed by atoms with Gasteiger partial charge < -0.3 is 9.32 Å². The average molecular weight is 334 g/mol. The van der Waals surface area contributed by atoms with Crippen molar-refractivity contribution in [2.45, 2.75) is 26.8 Å². The molecule has 1 aliphatic rings. The molecular weight excluding hydrogens is 316 g/mol. The molecule has 0 saturated heterocycles. The highest BCUT2D eigenvalue weighted by Crippen LogP contribution is 2.26. The first-order valence-electron chi connectivity index (χ1n) is 8.26. The number of amides is 1. The number of nitrogens with zero attached hydrogens (tertiary/aromatic N) is 4. The number of rotatable bonds is 2. The Kier molecular flexibility index (Phi) is 3.80. The van der Waals surface area contributed by atoms with E-state index in [1.807, 2.05) is 37.3 Å². The largest absolute Gasteiger partial charge is 0.441 e. The van der Waals surface area contributed by atoms with Gasteiger partial charge in [-0.2, -0.15) is 0 Å². The third-order valence-electron chi connectivity index (χ3n) is 4.22. The molecule has 0 radical (unpaired) electrons. The number of carbonyl (C=O) groups excluding carboxylic acids is 1. The Morgan fingerprint density at radius 1 is 1.12 bits per heavy atom. The van der Waals surface area contributed by atoms with Gasteiger partial charge in [0.05, 0.1) is 6.54 Å². The van der Waals surface area contributed by atoms with Gasteiger partial charge in [0.2, 0.25) is 5.89 Å². The van der Waals surface area contributed by atoms with Crippen molar-refractivity contribution in [3.8, 4) is 11.5 Å². The molecule has 3 heterocycles. The van der Waals surface area contributed by atoms with Gasteiger partial charge in [0, 0.05) is 24.2 Å². The topological polar surface area (TPSA) is 72.1 Å². The fraction of sp³-hybridized carbons (Fsp3) is 0.263. The smallest absolute Gasteiger partial charge is 0.272 e. The minimum absolute atomic E-state index is 0.0940. The van der Waals surface area contributed by atoms with Crippen molar-refractivity contribution in [1.29, 1.82) is 0 Å². The van der Waals surface area contributed by atoms with Crippen LogP contribution in [0.2, 0.25) is 0 Å². The zero-order valence-electron chi connectivity index (χ0n) is 14.2. The molecule has 3 aromatic rings. The van der Waals surface area contributed by atoms with Crippen LogP contribution in [0.15, 0.2) is 40.8 Å². The summed E-state index contributed by atoms with van der Waals surface area (Å²) in [5, 5.41) is 0. The number of aromatic nitrogens is 3. The molecule has 4 rings (SSSR count). The number of benzene rings is 1. The zero-order chi connectivity index (χ0) is 17.4. The minimum Gasteiger partial charge on any atom is -0.441 e. The molecule has 6 nitrogen and oxygen atoms in total. The van der Waals surface area contributed by atoms with Crippen LogP contribution in [0.25, 0.3) is 11.5 Å². The summed E-state index contributed by atoms with van der Waals surface area (Å²) in [6.07, 6.45) is 0.657. The molecule has 25 heavy (non-hydrogen) atoms. The molecule has 0 unspecified atom stereocenters.